The lowest BCUT2D eigenvalue weighted by atomic mass is 9.72. The van der Waals surface area contributed by atoms with Crippen molar-refractivity contribution in [3.8, 4) is 16.3 Å². The Morgan fingerprint density at radius 3 is 2.56 bits per heavy atom. The van der Waals surface area contributed by atoms with Gasteiger partial charge in [-0.25, -0.2) is 9.78 Å². The van der Waals surface area contributed by atoms with Gasteiger partial charge in [-0.1, -0.05) is 30.3 Å². The summed E-state index contributed by atoms with van der Waals surface area (Å²) in [6, 6.07) is 9.88. The molecule has 0 saturated carbocycles. The van der Waals surface area contributed by atoms with Crippen LogP contribution in [-0.4, -0.2) is 42.2 Å². The van der Waals surface area contributed by atoms with Gasteiger partial charge in [0.1, 0.15) is 0 Å². The lowest BCUT2D eigenvalue weighted by Gasteiger charge is -2.48. The standard InChI is InChI=1S/C18H21N3O2S.ClH/c22-17(19-12-18-6-9-21(10-7-18)11-8-18)23-16-15(24-13-20-16)14-4-2-1-3-5-14;/h1-5,13H,6-12H2,(H,19,22);1H. The van der Waals surface area contributed by atoms with E-state index in [4.69, 9.17) is 4.74 Å². The van der Waals surface area contributed by atoms with Crippen LogP contribution in [0.15, 0.2) is 35.8 Å². The van der Waals surface area contributed by atoms with Crippen molar-refractivity contribution < 1.29 is 9.53 Å². The van der Waals surface area contributed by atoms with Crippen molar-refractivity contribution in [3.05, 3.63) is 35.8 Å². The van der Waals surface area contributed by atoms with Gasteiger partial charge in [0, 0.05) is 6.54 Å². The highest BCUT2D eigenvalue weighted by molar-refractivity contribution is 7.13. The fraction of sp³-hybridized carbons (Fsp3) is 0.444. The molecule has 1 amide bonds. The van der Waals surface area contributed by atoms with E-state index >= 15 is 0 Å². The van der Waals surface area contributed by atoms with Crippen LogP contribution < -0.4 is 10.1 Å². The highest BCUT2D eigenvalue weighted by atomic mass is 35.5. The lowest BCUT2D eigenvalue weighted by molar-refractivity contribution is 0.0273. The van der Waals surface area contributed by atoms with Crippen molar-refractivity contribution in [2.45, 2.75) is 19.3 Å². The molecule has 0 spiro atoms. The molecule has 3 saturated heterocycles. The smallest absolute Gasteiger partial charge is 0.390 e. The summed E-state index contributed by atoms with van der Waals surface area (Å²) < 4.78 is 5.47. The van der Waals surface area contributed by atoms with Crippen molar-refractivity contribution in [2.24, 2.45) is 5.41 Å². The molecule has 3 aliphatic rings. The number of fused-ring (bicyclic) bond motifs is 3. The number of hydrogen-bond acceptors (Lipinski definition) is 5. The van der Waals surface area contributed by atoms with Gasteiger partial charge in [-0.3, -0.25) is 0 Å². The summed E-state index contributed by atoms with van der Waals surface area (Å²) in [5, 5.41) is 2.97. The minimum atomic E-state index is -0.402. The highest BCUT2D eigenvalue weighted by Gasteiger charge is 2.39. The third-order valence-electron chi connectivity index (χ3n) is 5.24. The number of ether oxygens (including phenoxy) is 1. The highest BCUT2D eigenvalue weighted by Crippen LogP contribution is 2.39. The van der Waals surface area contributed by atoms with Crippen molar-refractivity contribution in [3.63, 3.8) is 0 Å². The molecule has 3 fully saturated rings. The molecule has 1 aromatic carbocycles. The molecule has 2 bridgehead atoms. The Kier molecular flexibility index (Phi) is 5.61. The summed E-state index contributed by atoms with van der Waals surface area (Å²) in [5.74, 6) is 0.389. The second-order valence-electron chi connectivity index (χ2n) is 6.69. The van der Waals surface area contributed by atoms with E-state index in [-0.39, 0.29) is 17.8 Å². The average Bonchev–Trinajstić information content (AvgIpc) is 3.10. The maximum Gasteiger partial charge on any atom is 0.414 e. The van der Waals surface area contributed by atoms with Gasteiger partial charge in [-0.15, -0.1) is 23.7 Å². The van der Waals surface area contributed by atoms with Crippen molar-refractivity contribution >= 4 is 29.8 Å². The molecule has 25 heavy (non-hydrogen) atoms. The molecule has 3 aliphatic heterocycles. The van der Waals surface area contributed by atoms with Crippen molar-refractivity contribution in [2.75, 3.05) is 26.2 Å². The summed E-state index contributed by atoms with van der Waals surface area (Å²) in [6.07, 6.45) is 3.10. The van der Waals surface area contributed by atoms with Crippen LogP contribution in [0, 0.1) is 5.41 Å². The molecule has 5 nitrogen and oxygen atoms in total. The zero-order valence-corrected chi connectivity index (χ0v) is 15.6. The average molecular weight is 380 g/mol. The number of carbonyl (C=O) groups excluding carboxylic acids is 1. The Bertz CT molecular complexity index is 700. The largest absolute Gasteiger partial charge is 0.414 e. The van der Waals surface area contributed by atoms with E-state index in [9.17, 15) is 4.79 Å². The third-order valence-corrected chi connectivity index (χ3v) is 6.10. The van der Waals surface area contributed by atoms with E-state index in [1.807, 2.05) is 30.3 Å². The summed E-state index contributed by atoms with van der Waals surface area (Å²) in [6.45, 7) is 4.16. The van der Waals surface area contributed by atoms with E-state index in [0.717, 1.165) is 30.1 Å². The van der Waals surface area contributed by atoms with E-state index in [2.05, 4.69) is 15.2 Å². The molecular formula is C18H22ClN3O2S. The number of benzene rings is 1. The van der Waals surface area contributed by atoms with Gasteiger partial charge in [0.25, 0.3) is 0 Å². The number of piperidine rings is 3. The minimum Gasteiger partial charge on any atom is -0.390 e. The first kappa shape index (κ1) is 18.2. The summed E-state index contributed by atoms with van der Waals surface area (Å²) in [4.78, 5) is 19.8. The molecule has 0 atom stereocenters. The van der Waals surface area contributed by atoms with E-state index < -0.39 is 6.09 Å². The Morgan fingerprint density at radius 1 is 1.20 bits per heavy atom. The fourth-order valence-electron chi connectivity index (χ4n) is 3.63. The molecule has 4 heterocycles. The van der Waals surface area contributed by atoms with Gasteiger partial charge < -0.3 is 15.0 Å². The quantitative estimate of drug-likeness (QED) is 0.877. The molecule has 1 N–H and O–H groups in total. The number of halogens is 1. The predicted molar refractivity (Wildman–Crippen MR) is 102 cm³/mol. The van der Waals surface area contributed by atoms with Gasteiger partial charge in [-0.2, -0.15) is 0 Å². The van der Waals surface area contributed by atoms with Crippen LogP contribution >= 0.6 is 23.7 Å². The SMILES string of the molecule is Cl.O=C(NCC12CCN(CC1)CC2)Oc1ncsc1-c1ccccc1. The van der Waals surface area contributed by atoms with Gasteiger partial charge in [0.15, 0.2) is 0 Å². The van der Waals surface area contributed by atoms with Gasteiger partial charge in [0.2, 0.25) is 5.88 Å². The van der Waals surface area contributed by atoms with E-state index in [1.165, 1.54) is 30.6 Å². The third kappa shape index (κ3) is 3.97. The molecule has 2 aromatic rings. The first-order valence-electron chi connectivity index (χ1n) is 8.41. The Hall–Kier alpha value is -1.63. The number of nitrogens with one attached hydrogen (secondary N) is 1. The summed E-state index contributed by atoms with van der Waals surface area (Å²) >= 11 is 1.48. The van der Waals surface area contributed by atoms with Crippen LogP contribution in [0.1, 0.15) is 19.3 Å². The molecule has 7 heteroatoms. The Labute approximate surface area is 157 Å². The summed E-state index contributed by atoms with van der Waals surface area (Å²) in [7, 11) is 0. The number of nitrogens with zero attached hydrogens (tertiary/aromatic N) is 2. The number of rotatable bonds is 4. The fourth-order valence-corrected chi connectivity index (χ4v) is 4.36. The number of thiazole rings is 1. The van der Waals surface area contributed by atoms with Crippen LogP contribution in [0.25, 0.3) is 10.4 Å². The second-order valence-corrected chi connectivity index (χ2v) is 7.54. The second kappa shape index (κ2) is 7.72. The predicted octanol–water partition coefficient (Wildman–Crippen LogP) is 3.81. The van der Waals surface area contributed by atoms with E-state index in [1.54, 1.807) is 5.51 Å². The lowest BCUT2D eigenvalue weighted by Crippen LogP contribution is -2.52. The molecule has 5 rings (SSSR count). The molecular weight excluding hydrogens is 358 g/mol. The maximum atomic E-state index is 12.2. The maximum absolute atomic E-state index is 12.2. The number of carbonyl (C=O) groups is 1. The minimum absolute atomic E-state index is 0. The van der Waals surface area contributed by atoms with Crippen molar-refractivity contribution in [1.82, 2.24) is 15.2 Å². The normalized spacial score (nSPS) is 24.4. The summed E-state index contributed by atoms with van der Waals surface area (Å²) in [5.41, 5.74) is 2.99. The van der Waals surface area contributed by atoms with Crippen molar-refractivity contribution in [1.29, 1.82) is 0 Å². The molecule has 0 unspecified atom stereocenters. The van der Waals surface area contributed by atoms with E-state index in [0.29, 0.717) is 12.4 Å². The number of hydrogen-bond donors (Lipinski definition) is 1. The van der Waals surface area contributed by atoms with Crippen LogP contribution in [0.2, 0.25) is 0 Å². The first-order valence-corrected chi connectivity index (χ1v) is 9.29. The van der Waals surface area contributed by atoms with Crippen LogP contribution in [0.3, 0.4) is 0 Å². The van der Waals surface area contributed by atoms with Gasteiger partial charge in [0.05, 0.1) is 10.4 Å². The molecule has 0 aliphatic carbocycles. The van der Waals surface area contributed by atoms with Crippen LogP contribution in [-0.2, 0) is 0 Å². The zero-order chi connectivity index (χ0) is 16.4. The molecule has 1 aromatic heterocycles. The first-order chi connectivity index (χ1) is 11.7. The number of aromatic nitrogens is 1. The van der Waals surface area contributed by atoms with Gasteiger partial charge >= 0.3 is 6.09 Å². The zero-order valence-electron chi connectivity index (χ0n) is 13.9. The monoisotopic (exact) mass is 379 g/mol. The Balaban J connectivity index is 0.00000182. The molecule has 134 valence electrons. The van der Waals surface area contributed by atoms with Crippen LogP contribution in [0.4, 0.5) is 4.79 Å². The van der Waals surface area contributed by atoms with Gasteiger partial charge in [-0.05, 0) is 49.9 Å². The Morgan fingerprint density at radius 2 is 1.88 bits per heavy atom. The topological polar surface area (TPSA) is 54.5 Å². The van der Waals surface area contributed by atoms with Crippen LogP contribution in [0.5, 0.6) is 5.88 Å². The molecule has 0 radical (unpaired) electrons. The number of amides is 1.